The molecule has 0 atom stereocenters. The molecule has 0 amide bonds. The van der Waals surface area contributed by atoms with Crippen molar-refractivity contribution in [2.45, 2.75) is 0 Å². The summed E-state index contributed by atoms with van der Waals surface area (Å²) >= 11 is 0. The fourth-order valence-corrected chi connectivity index (χ4v) is 7.97. The molecule has 152 valence electrons. The highest BCUT2D eigenvalue weighted by Gasteiger charge is 2.47. The van der Waals surface area contributed by atoms with Crippen LogP contribution in [-0.2, 0) is 0 Å². The summed E-state index contributed by atoms with van der Waals surface area (Å²) in [7, 11) is -2.33. The van der Waals surface area contributed by atoms with E-state index in [9.17, 15) is 14.9 Å². The van der Waals surface area contributed by atoms with Crippen LogP contribution in [0.5, 0.6) is 0 Å². The average molecular weight is 426 g/mol. The first-order valence-corrected chi connectivity index (χ1v) is 11.9. The summed E-state index contributed by atoms with van der Waals surface area (Å²) in [6.45, 7) is 0. The summed E-state index contributed by atoms with van der Waals surface area (Å²) in [6.07, 6.45) is 0.256. The van der Waals surface area contributed by atoms with E-state index in [0.29, 0.717) is 5.56 Å². The molecule has 0 spiro atoms. The molecular weight excluding hydrogens is 405 g/mol. The van der Waals surface area contributed by atoms with Gasteiger partial charge in [0.25, 0.3) is 5.69 Å². The van der Waals surface area contributed by atoms with Crippen LogP contribution >= 0.6 is 7.26 Å². The normalized spacial score (nSPS) is 11.1. The Morgan fingerprint density at radius 1 is 0.677 bits per heavy atom. The molecule has 0 saturated heterocycles. The maximum absolute atomic E-state index is 13.6. The molecule has 0 aliphatic heterocycles. The minimum atomic E-state index is -2.33. The molecule has 0 fully saturated rings. The van der Waals surface area contributed by atoms with E-state index in [1.165, 1.54) is 12.1 Å². The molecule has 0 bridgehead atoms. The maximum Gasteiger partial charge on any atom is 0.270 e. The van der Waals surface area contributed by atoms with Crippen molar-refractivity contribution in [2.75, 3.05) is 6.16 Å². The third kappa shape index (κ3) is 4.16. The Kier molecular flexibility index (Phi) is 6.01. The van der Waals surface area contributed by atoms with E-state index in [4.69, 9.17) is 0 Å². The molecule has 0 saturated carbocycles. The van der Waals surface area contributed by atoms with Crippen LogP contribution in [-0.4, -0.2) is 16.9 Å². The SMILES string of the molecule is O=C(C[P+](c1ccccc1)(c1ccccc1)c1ccccc1)c1cccc([N+](=O)[O-])c1. The van der Waals surface area contributed by atoms with Crippen LogP contribution in [0.3, 0.4) is 0 Å². The fraction of sp³-hybridized carbons (Fsp3) is 0.0385. The second-order valence-electron chi connectivity index (χ2n) is 7.21. The molecule has 0 aromatic heterocycles. The van der Waals surface area contributed by atoms with E-state index in [-0.39, 0.29) is 17.6 Å². The number of nitro groups is 1. The van der Waals surface area contributed by atoms with Gasteiger partial charge < -0.3 is 0 Å². The van der Waals surface area contributed by atoms with Crippen molar-refractivity contribution in [2.24, 2.45) is 0 Å². The molecule has 5 heteroatoms. The van der Waals surface area contributed by atoms with Crippen molar-refractivity contribution in [1.82, 2.24) is 0 Å². The standard InChI is InChI=1S/C26H21NO3P/c28-26(21-11-10-12-22(19-21)27(29)30)20-31(23-13-4-1-5-14-23,24-15-6-2-7-16-24)25-17-8-3-9-18-25/h1-19H,20H2/q+1. The number of hydrogen-bond acceptors (Lipinski definition) is 3. The Hall–Kier alpha value is -3.62. The smallest absolute Gasteiger partial charge is 0.270 e. The van der Waals surface area contributed by atoms with Gasteiger partial charge in [-0.25, -0.2) is 0 Å². The van der Waals surface area contributed by atoms with E-state index in [1.54, 1.807) is 12.1 Å². The molecular formula is C26H21NO3P+. The number of benzene rings is 4. The lowest BCUT2D eigenvalue weighted by molar-refractivity contribution is -0.384. The van der Waals surface area contributed by atoms with Crippen LogP contribution in [0.1, 0.15) is 10.4 Å². The molecule has 0 heterocycles. The van der Waals surface area contributed by atoms with Crippen molar-refractivity contribution in [3.05, 3.63) is 131 Å². The third-order valence-corrected chi connectivity index (χ3v) is 9.65. The topological polar surface area (TPSA) is 60.2 Å². The Morgan fingerprint density at radius 3 is 1.55 bits per heavy atom. The molecule has 4 rings (SSSR count). The number of ketones is 1. The van der Waals surface area contributed by atoms with Crippen molar-refractivity contribution in [3.63, 3.8) is 0 Å². The molecule has 31 heavy (non-hydrogen) atoms. The van der Waals surface area contributed by atoms with Gasteiger partial charge in [0.2, 0.25) is 5.78 Å². The van der Waals surface area contributed by atoms with E-state index in [0.717, 1.165) is 15.9 Å². The van der Waals surface area contributed by atoms with Crippen molar-refractivity contribution < 1.29 is 9.72 Å². The Bertz CT molecular complexity index is 1100. The van der Waals surface area contributed by atoms with E-state index in [2.05, 4.69) is 36.4 Å². The molecule has 0 unspecified atom stereocenters. The predicted molar refractivity (Wildman–Crippen MR) is 127 cm³/mol. The van der Waals surface area contributed by atoms with E-state index >= 15 is 0 Å². The van der Waals surface area contributed by atoms with Crippen LogP contribution in [0.2, 0.25) is 0 Å². The monoisotopic (exact) mass is 426 g/mol. The highest BCUT2D eigenvalue weighted by atomic mass is 31.2. The second kappa shape index (κ2) is 9.03. The zero-order valence-electron chi connectivity index (χ0n) is 16.8. The van der Waals surface area contributed by atoms with Crippen LogP contribution in [0, 0.1) is 10.1 Å². The quantitative estimate of drug-likeness (QED) is 0.185. The van der Waals surface area contributed by atoms with Gasteiger partial charge in [-0.05, 0) is 36.4 Å². The number of hydrogen-bond donors (Lipinski definition) is 0. The van der Waals surface area contributed by atoms with Crippen LogP contribution in [0.15, 0.2) is 115 Å². The van der Waals surface area contributed by atoms with Crippen molar-refractivity contribution >= 4 is 34.6 Å². The first-order chi connectivity index (χ1) is 15.1. The second-order valence-corrected chi connectivity index (χ2v) is 10.7. The van der Waals surface area contributed by atoms with Gasteiger partial charge in [-0.1, -0.05) is 66.7 Å². The summed E-state index contributed by atoms with van der Waals surface area (Å²) in [4.78, 5) is 24.3. The molecule has 4 nitrogen and oxygen atoms in total. The van der Waals surface area contributed by atoms with Gasteiger partial charge in [0.1, 0.15) is 29.3 Å². The lowest BCUT2D eigenvalue weighted by Gasteiger charge is -2.27. The molecule has 4 aromatic rings. The Morgan fingerprint density at radius 2 is 1.13 bits per heavy atom. The Balaban J connectivity index is 1.91. The highest BCUT2D eigenvalue weighted by molar-refractivity contribution is 7.96. The summed E-state index contributed by atoms with van der Waals surface area (Å²) in [5.41, 5.74) is 0.287. The largest absolute Gasteiger partial charge is 0.290 e. The number of rotatable bonds is 7. The highest BCUT2D eigenvalue weighted by Crippen LogP contribution is 2.55. The van der Waals surface area contributed by atoms with Gasteiger partial charge in [0, 0.05) is 17.7 Å². The first-order valence-electron chi connectivity index (χ1n) is 9.94. The summed E-state index contributed by atoms with van der Waals surface area (Å²) in [6, 6.07) is 36.3. The zero-order valence-corrected chi connectivity index (χ0v) is 17.7. The zero-order chi connectivity index (χ0) is 21.7. The summed E-state index contributed by atoms with van der Waals surface area (Å²) < 4.78 is 0. The van der Waals surface area contributed by atoms with E-state index in [1.807, 2.05) is 54.6 Å². The molecule has 0 aliphatic carbocycles. The number of carbonyl (C=O) groups is 1. The number of carbonyl (C=O) groups excluding carboxylic acids is 1. The van der Waals surface area contributed by atoms with Gasteiger partial charge in [-0.3, -0.25) is 14.9 Å². The number of Topliss-reactive ketones (excluding diaryl/α,β-unsaturated/α-hetero) is 1. The minimum Gasteiger partial charge on any atom is -0.290 e. The summed E-state index contributed by atoms with van der Waals surface area (Å²) in [5.74, 6) is -0.103. The average Bonchev–Trinajstić information content (AvgIpc) is 2.84. The summed E-state index contributed by atoms with van der Waals surface area (Å²) in [5, 5.41) is 14.5. The number of non-ortho nitro benzene ring substituents is 1. The minimum absolute atomic E-state index is 0.0751. The van der Waals surface area contributed by atoms with Crippen molar-refractivity contribution in [3.8, 4) is 0 Å². The number of nitro benzene ring substituents is 1. The van der Waals surface area contributed by atoms with Crippen LogP contribution in [0.4, 0.5) is 5.69 Å². The third-order valence-electron chi connectivity index (χ3n) is 5.35. The Labute approximate surface area is 181 Å². The first kappa shape index (κ1) is 20.6. The number of nitrogens with zero attached hydrogens (tertiary/aromatic N) is 1. The molecule has 0 aliphatic rings. The van der Waals surface area contributed by atoms with Gasteiger partial charge in [-0.2, -0.15) is 0 Å². The molecule has 4 aromatic carbocycles. The van der Waals surface area contributed by atoms with Crippen LogP contribution in [0.25, 0.3) is 0 Å². The van der Waals surface area contributed by atoms with Gasteiger partial charge in [0.15, 0.2) is 0 Å². The predicted octanol–water partition coefficient (Wildman–Crippen LogP) is 4.77. The van der Waals surface area contributed by atoms with Gasteiger partial charge in [0.05, 0.1) is 4.92 Å². The van der Waals surface area contributed by atoms with Gasteiger partial charge in [-0.15, -0.1) is 0 Å². The lowest BCUT2D eigenvalue weighted by atomic mass is 10.1. The van der Waals surface area contributed by atoms with Crippen molar-refractivity contribution in [1.29, 1.82) is 0 Å². The molecule has 0 N–H and O–H groups in total. The van der Waals surface area contributed by atoms with Gasteiger partial charge >= 0.3 is 0 Å². The lowest BCUT2D eigenvalue weighted by Crippen LogP contribution is -2.35. The molecule has 0 radical (unpaired) electrons. The van der Waals surface area contributed by atoms with E-state index < -0.39 is 12.2 Å². The fourth-order valence-electron chi connectivity index (χ4n) is 3.87. The maximum atomic E-state index is 13.6. The van der Waals surface area contributed by atoms with Crippen LogP contribution < -0.4 is 15.9 Å².